The molecule has 0 amide bonds. The van der Waals surface area contributed by atoms with E-state index in [0.29, 0.717) is 11.4 Å². The van der Waals surface area contributed by atoms with Crippen molar-refractivity contribution >= 4 is 130 Å². The highest BCUT2D eigenvalue weighted by Crippen LogP contribution is 2.34. The number of aromatic nitrogens is 10. The first-order valence-corrected chi connectivity index (χ1v) is 23.9. The van der Waals surface area contributed by atoms with Crippen molar-refractivity contribution in [2.75, 3.05) is 0 Å². The molecule has 70 heavy (non-hydrogen) atoms. The van der Waals surface area contributed by atoms with Crippen LogP contribution in [-0.4, -0.2) is 49.8 Å². The maximum atomic E-state index is 5.66. The highest BCUT2D eigenvalue weighted by Gasteiger charge is 2.12. The molecule has 0 N–H and O–H groups in total. The molecule has 0 atom stereocenters. The summed E-state index contributed by atoms with van der Waals surface area (Å²) in [5.74, 6) is 0. The van der Waals surface area contributed by atoms with Gasteiger partial charge in [0.2, 0.25) is 11.4 Å². The molecular weight excluding hydrogens is 913 g/mol. The van der Waals surface area contributed by atoms with Crippen molar-refractivity contribution in [2.24, 2.45) is 0 Å². The van der Waals surface area contributed by atoms with E-state index in [1.54, 1.807) is 59.9 Å². The zero-order valence-electron chi connectivity index (χ0n) is 38.4. The Kier molecular flexibility index (Phi) is 11.8. The average Bonchev–Trinajstić information content (AvgIpc) is 4.22. The van der Waals surface area contributed by atoms with Gasteiger partial charge in [-0.15, -0.1) is 11.3 Å². The first-order valence-electron chi connectivity index (χ1n) is 22.2. The van der Waals surface area contributed by atoms with E-state index in [0.717, 1.165) is 98.4 Å². The van der Waals surface area contributed by atoms with Gasteiger partial charge in [-0.3, -0.25) is 29.9 Å². The van der Waals surface area contributed by atoms with E-state index in [1.807, 2.05) is 132 Å². The van der Waals surface area contributed by atoms with E-state index >= 15 is 0 Å². The zero-order valence-corrected chi connectivity index (χ0v) is 40.1. The third-order valence-corrected chi connectivity index (χ3v) is 13.8. The molecule has 0 bridgehead atoms. The van der Waals surface area contributed by atoms with Gasteiger partial charge in [-0.1, -0.05) is 11.3 Å². The summed E-state index contributed by atoms with van der Waals surface area (Å²) in [5.41, 5.74) is 11.6. The topological polar surface area (TPSA) is 168 Å². The summed E-state index contributed by atoms with van der Waals surface area (Å²) in [6, 6.07) is 31.9. The molecule has 0 aliphatic rings. The van der Waals surface area contributed by atoms with E-state index in [-0.39, 0.29) is 0 Å². The van der Waals surface area contributed by atoms with Crippen LogP contribution in [0.5, 0.6) is 0 Å². The van der Waals surface area contributed by atoms with Gasteiger partial charge in [-0.25, -0.2) is 19.9 Å². The second-order valence-electron chi connectivity index (χ2n) is 16.2. The van der Waals surface area contributed by atoms with Crippen LogP contribution >= 0.6 is 22.7 Å². The molecule has 0 unspecified atom stereocenters. The van der Waals surface area contributed by atoms with Crippen molar-refractivity contribution in [3.8, 4) is 0 Å². The first kappa shape index (κ1) is 43.9. The highest BCUT2D eigenvalue weighted by atomic mass is 32.1. The Hall–Kier alpha value is -8.66. The Bertz CT molecular complexity index is 3990. The Morgan fingerprint density at radius 1 is 0.371 bits per heavy atom. The monoisotopic (exact) mass is 952 g/mol. The normalized spacial score (nSPS) is 11.2. The number of thiophene rings is 2. The minimum Gasteiger partial charge on any atom is -0.453 e. The van der Waals surface area contributed by atoms with Crippen LogP contribution in [-0.2, 0) is 0 Å². The molecule has 0 aliphatic heterocycles. The molecule has 0 fully saturated rings. The van der Waals surface area contributed by atoms with Crippen LogP contribution in [0.3, 0.4) is 0 Å². The summed E-state index contributed by atoms with van der Waals surface area (Å²) in [7, 11) is 0. The van der Waals surface area contributed by atoms with Gasteiger partial charge in [0.05, 0.1) is 43.6 Å². The Labute approximate surface area is 406 Å². The van der Waals surface area contributed by atoms with Crippen molar-refractivity contribution in [1.82, 2.24) is 49.8 Å². The van der Waals surface area contributed by atoms with Crippen LogP contribution in [0, 0.1) is 34.6 Å². The number of aryl methyl sites for hydroxylation is 5. The number of hydrogen-bond acceptors (Lipinski definition) is 15. The standard InChI is InChI=1S/3C11H8N2O.2C11H8N2S/c1-7-11-9(3-5-13-7)8-2-4-12-6-10(8)14-11;1-7-4-5-9-8-3-2-6-12-10(8)14-11(9)13-7;1-7-11-8(4-6-12-7)10-9(14-11)3-2-5-13-10;1-7-4-5-9-8-3-2-6-12-10(8)14-11(9)13-7;1-7-11-8(4-6-12-7)10-9(14-11)3-2-5-13-10/h5*2-6H,1H3. The van der Waals surface area contributed by atoms with E-state index in [2.05, 4.69) is 68.0 Å². The SMILES string of the molecule is Cc1ccc2c(n1)oc1ncccc12.Cc1ccc2c(n1)sc1ncccc12.Cc1nccc2c1oc1cccnc12.Cc1nccc2c1oc1cnccc12.Cc1nccc2c1sc1cccnc12. The van der Waals surface area contributed by atoms with Gasteiger partial charge in [-0.2, -0.15) is 0 Å². The van der Waals surface area contributed by atoms with Crippen molar-refractivity contribution in [1.29, 1.82) is 0 Å². The second-order valence-corrected chi connectivity index (χ2v) is 18.3. The fourth-order valence-electron chi connectivity index (χ4n) is 8.16. The molecule has 340 valence electrons. The summed E-state index contributed by atoms with van der Waals surface area (Å²) in [6.45, 7) is 9.87. The van der Waals surface area contributed by atoms with Gasteiger partial charge in [0.25, 0.3) is 0 Å². The lowest BCUT2D eigenvalue weighted by Crippen LogP contribution is -1.78. The molecule has 0 spiro atoms. The van der Waals surface area contributed by atoms with Crippen molar-refractivity contribution in [3.05, 3.63) is 181 Å². The van der Waals surface area contributed by atoms with Gasteiger partial charge < -0.3 is 13.3 Å². The van der Waals surface area contributed by atoms with E-state index in [9.17, 15) is 0 Å². The molecule has 15 rings (SSSR count). The number of fused-ring (bicyclic) bond motifs is 15. The van der Waals surface area contributed by atoms with E-state index < -0.39 is 0 Å². The molecule has 0 aliphatic carbocycles. The lowest BCUT2D eigenvalue weighted by atomic mass is 10.2. The molecule has 15 heteroatoms. The third-order valence-electron chi connectivity index (χ3n) is 11.5. The predicted molar refractivity (Wildman–Crippen MR) is 281 cm³/mol. The molecule has 0 aromatic carbocycles. The first-order chi connectivity index (χ1) is 34.3. The number of pyridine rings is 10. The number of rotatable bonds is 0. The Morgan fingerprint density at radius 2 is 0.971 bits per heavy atom. The third kappa shape index (κ3) is 8.48. The Balaban J connectivity index is 0.0000000952. The van der Waals surface area contributed by atoms with Gasteiger partial charge in [0, 0.05) is 98.7 Å². The van der Waals surface area contributed by atoms with Crippen LogP contribution in [0.2, 0.25) is 0 Å². The highest BCUT2D eigenvalue weighted by molar-refractivity contribution is 7.26. The smallest absolute Gasteiger partial charge is 0.229 e. The summed E-state index contributed by atoms with van der Waals surface area (Å²) in [6.07, 6.45) is 16.1. The lowest BCUT2D eigenvalue weighted by Gasteiger charge is -1.92. The van der Waals surface area contributed by atoms with E-state index in [1.165, 1.54) is 25.6 Å². The molecule has 13 nitrogen and oxygen atoms in total. The number of hydrogen-bond donors (Lipinski definition) is 0. The minimum absolute atomic E-state index is 0.653. The fraction of sp³-hybridized carbons (Fsp3) is 0.0909. The van der Waals surface area contributed by atoms with Gasteiger partial charge in [-0.05, 0) is 132 Å². The minimum atomic E-state index is 0.653. The molecular formula is C55H40N10O3S2. The fourth-order valence-corrected chi connectivity index (χ4v) is 10.3. The molecule has 15 aromatic rings. The largest absolute Gasteiger partial charge is 0.453 e. The van der Waals surface area contributed by atoms with Crippen LogP contribution in [0.25, 0.3) is 107 Å². The molecule has 15 heterocycles. The summed E-state index contributed by atoms with van der Waals surface area (Å²) in [4.78, 5) is 44.8. The lowest BCUT2D eigenvalue weighted by molar-refractivity contribution is 0.639. The summed E-state index contributed by atoms with van der Waals surface area (Å²) < 4.78 is 19.3. The second kappa shape index (κ2) is 18.8. The number of nitrogens with zero attached hydrogens (tertiary/aromatic N) is 10. The van der Waals surface area contributed by atoms with Gasteiger partial charge in [0.1, 0.15) is 15.2 Å². The maximum absolute atomic E-state index is 5.66. The van der Waals surface area contributed by atoms with Gasteiger partial charge >= 0.3 is 0 Å². The van der Waals surface area contributed by atoms with Gasteiger partial charge in [0.15, 0.2) is 22.3 Å². The van der Waals surface area contributed by atoms with Crippen LogP contribution < -0.4 is 0 Å². The predicted octanol–water partition coefficient (Wildman–Crippen LogP) is 14.4. The maximum Gasteiger partial charge on any atom is 0.229 e. The molecule has 0 saturated heterocycles. The Morgan fingerprint density at radius 3 is 1.80 bits per heavy atom. The average molecular weight is 953 g/mol. The van der Waals surface area contributed by atoms with Crippen LogP contribution in [0.15, 0.2) is 166 Å². The zero-order chi connectivity index (χ0) is 47.7. The van der Waals surface area contributed by atoms with Crippen molar-refractivity contribution < 1.29 is 13.3 Å². The number of furan rings is 3. The molecule has 15 aromatic heterocycles. The summed E-state index contributed by atoms with van der Waals surface area (Å²) in [5, 5.41) is 8.93. The van der Waals surface area contributed by atoms with Crippen molar-refractivity contribution in [2.45, 2.75) is 34.6 Å². The van der Waals surface area contributed by atoms with Crippen LogP contribution in [0.4, 0.5) is 0 Å². The molecule has 0 radical (unpaired) electrons. The quantitative estimate of drug-likeness (QED) is 0.141. The van der Waals surface area contributed by atoms with E-state index in [4.69, 9.17) is 13.3 Å². The molecule has 0 saturated carbocycles. The summed E-state index contributed by atoms with van der Waals surface area (Å²) >= 11 is 3.42. The van der Waals surface area contributed by atoms with Crippen LogP contribution in [0.1, 0.15) is 28.5 Å². The van der Waals surface area contributed by atoms with Crippen molar-refractivity contribution in [3.63, 3.8) is 0 Å².